The lowest BCUT2D eigenvalue weighted by Gasteiger charge is -2.54. The van der Waals surface area contributed by atoms with Gasteiger partial charge in [0.15, 0.2) is 0 Å². The van der Waals surface area contributed by atoms with E-state index in [4.69, 9.17) is 4.74 Å². The summed E-state index contributed by atoms with van der Waals surface area (Å²) in [5.74, 6) is 1.54. The second-order valence-electron chi connectivity index (χ2n) is 5.31. The minimum atomic E-state index is 0.680. The Morgan fingerprint density at radius 3 is 2.54 bits per heavy atom. The molecule has 2 heteroatoms. The van der Waals surface area contributed by atoms with Crippen LogP contribution >= 0.6 is 0 Å². The highest BCUT2D eigenvalue weighted by molar-refractivity contribution is 5.02. The lowest BCUT2D eigenvalue weighted by Crippen LogP contribution is -2.60. The molecule has 1 aliphatic carbocycles. The molecule has 2 fully saturated rings. The van der Waals surface area contributed by atoms with Crippen molar-refractivity contribution >= 4 is 0 Å². The van der Waals surface area contributed by atoms with E-state index in [-0.39, 0.29) is 0 Å². The molecule has 0 amide bonds. The average molecular weight is 183 g/mol. The van der Waals surface area contributed by atoms with Crippen LogP contribution < -0.4 is 5.32 Å². The van der Waals surface area contributed by atoms with Gasteiger partial charge in [-0.3, -0.25) is 0 Å². The lowest BCUT2D eigenvalue weighted by atomic mass is 9.59. The lowest BCUT2D eigenvalue weighted by molar-refractivity contribution is -0.0476. The van der Waals surface area contributed by atoms with Crippen LogP contribution in [0.4, 0.5) is 0 Å². The molecule has 0 radical (unpaired) electrons. The smallest absolute Gasteiger partial charge is 0.0494 e. The number of hydrogen-bond donors (Lipinski definition) is 1. The van der Waals surface area contributed by atoms with Crippen LogP contribution in [0.25, 0.3) is 0 Å². The summed E-state index contributed by atoms with van der Waals surface area (Å²) in [5.41, 5.74) is 0.714. The maximum Gasteiger partial charge on any atom is 0.0494 e. The topological polar surface area (TPSA) is 21.3 Å². The largest absolute Gasteiger partial charge is 0.381 e. The molecule has 2 rings (SSSR count). The summed E-state index contributed by atoms with van der Waals surface area (Å²) in [5, 5.41) is 3.36. The van der Waals surface area contributed by atoms with Gasteiger partial charge in [-0.15, -0.1) is 0 Å². The Morgan fingerprint density at radius 1 is 1.38 bits per heavy atom. The van der Waals surface area contributed by atoms with Gasteiger partial charge >= 0.3 is 0 Å². The van der Waals surface area contributed by atoms with E-state index in [2.05, 4.69) is 19.2 Å². The van der Waals surface area contributed by atoms with Crippen molar-refractivity contribution in [1.29, 1.82) is 0 Å². The molecule has 1 spiro atoms. The summed E-state index contributed by atoms with van der Waals surface area (Å²) in [7, 11) is 0. The third-order valence-electron chi connectivity index (χ3n) is 3.25. The van der Waals surface area contributed by atoms with Crippen molar-refractivity contribution in [3.63, 3.8) is 0 Å². The maximum atomic E-state index is 5.64. The quantitative estimate of drug-likeness (QED) is 0.715. The minimum Gasteiger partial charge on any atom is -0.381 e. The second kappa shape index (κ2) is 3.58. The Hall–Kier alpha value is -0.0800. The summed E-state index contributed by atoms with van der Waals surface area (Å²) < 4.78 is 5.64. The molecule has 0 aromatic rings. The van der Waals surface area contributed by atoms with Crippen LogP contribution in [-0.4, -0.2) is 26.3 Å². The summed E-state index contributed by atoms with van der Waals surface area (Å²) >= 11 is 0. The van der Waals surface area contributed by atoms with E-state index < -0.39 is 0 Å². The van der Waals surface area contributed by atoms with E-state index in [0.717, 1.165) is 19.1 Å². The Bertz CT molecular complexity index is 167. The highest BCUT2D eigenvalue weighted by Crippen LogP contribution is 2.48. The molecule has 0 aromatic heterocycles. The van der Waals surface area contributed by atoms with Crippen LogP contribution in [0.2, 0.25) is 0 Å². The van der Waals surface area contributed by atoms with Gasteiger partial charge in [0.05, 0.1) is 0 Å². The van der Waals surface area contributed by atoms with Crippen molar-refractivity contribution < 1.29 is 4.74 Å². The number of rotatable bonds is 4. The van der Waals surface area contributed by atoms with Crippen LogP contribution in [0.15, 0.2) is 0 Å². The summed E-state index contributed by atoms with van der Waals surface area (Å²) in [4.78, 5) is 0. The molecule has 0 atom stereocenters. The predicted molar refractivity (Wildman–Crippen MR) is 53.7 cm³/mol. The monoisotopic (exact) mass is 183 g/mol. The third-order valence-corrected chi connectivity index (χ3v) is 3.25. The highest BCUT2D eigenvalue weighted by atomic mass is 16.5. The molecule has 2 aliphatic rings. The third kappa shape index (κ3) is 2.05. The molecule has 2 nitrogen and oxygen atoms in total. The first-order valence-corrected chi connectivity index (χ1v) is 5.49. The van der Waals surface area contributed by atoms with Crippen molar-refractivity contribution in [2.45, 2.75) is 26.7 Å². The summed E-state index contributed by atoms with van der Waals surface area (Å²) in [6.07, 6.45) is 2.80. The first-order valence-electron chi connectivity index (χ1n) is 5.49. The predicted octanol–water partition coefficient (Wildman–Crippen LogP) is 1.66. The molecule has 0 unspecified atom stereocenters. The van der Waals surface area contributed by atoms with Crippen molar-refractivity contribution in [1.82, 2.24) is 5.32 Å². The zero-order chi connectivity index (χ0) is 9.31. The molecule has 13 heavy (non-hydrogen) atoms. The Balaban J connectivity index is 1.54. The minimum absolute atomic E-state index is 0.680. The number of ether oxygens (including phenoxy) is 1. The van der Waals surface area contributed by atoms with Gasteiger partial charge in [0, 0.05) is 26.3 Å². The average Bonchev–Trinajstić information content (AvgIpc) is 1.89. The normalized spacial score (nSPS) is 26.1. The molecule has 0 bridgehead atoms. The summed E-state index contributed by atoms with van der Waals surface area (Å²) in [6.45, 7) is 8.86. The number of nitrogens with one attached hydrogen (secondary N) is 1. The Morgan fingerprint density at radius 2 is 2.08 bits per heavy atom. The Kier molecular flexibility index (Phi) is 2.61. The second-order valence-corrected chi connectivity index (χ2v) is 5.31. The molecule has 1 N–H and O–H groups in total. The van der Waals surface area contributed by atoms with Crippen LogP contribution in [0.1, 0.15) is 26.7 Å². The maximum absolute atomic E-state index is 5.64. The van der Waals surface area contributed by atoms with Crippen molar-refractivity contribution in [3.05, 3.63) is 0 Å². The molecule has 1 aliphatic heterocycles. The van der Waals surface area contributed by atoms with Gasteiger partial charge in [-0.25, -0.2) is 0 Å². The fraction of sp³-hybridized carbons (Fsp3) is 1.00. The Labute approximate surface area is 81.0 Å². The van der Waals surface area contributed by atoms with E-state index in [9.17, 15) is 0 Å². The van der Waals surface area contributed by atoms with E-state index in [1.54, 1.807) is 0 Å². The SMILES string of the molecule is CC(C)COCC1CC2(CNC2)C1. The van der Waals surface area contributed by atoms with Crippen LogP contribution in [0, 0.1) is 17.3 Å². The molecule has 1 saturated carbocycles. The summed E-state index contributed by atoms with van der Waals surface area (Å²) in [6, 6.07) is 0. The van der Waals surface area contributed by atoms with E-state index in [0.29, 0.717) is 11.3 Å². The van der Waals surface area contributed by atoms with Crippen molar-refractivity contribution in [2.75, 3.05) is 26.3 Å². The fourth-order valence-corrected chi connectivity index (χ4v) is 2.52. The first-order chi connectivity index (χ1) is 6.20. The van der Waals surface area contributed by atoms with Gasteiger partial charge in [-0.05, 0) is 30.1 Å². The molecule has 76 valence electrons. The zero-order valence-electron chi connectivity index (χ0n) is 8.81. The molecule has 1 saturated heterocycles. The van der Waals surface area contributed by atoms with Gasteiger partial charge in [0.1, 0.15) is 0 Å². The molecular weight excluding hydrogens is 162 g/mol. The molecule has 0 aromatic carbocycles. The van der Waals surface area contributed by atoms with E-state index in [1.807, 2.05) is 0 Å². The van der Waals surface area contributed by atoms with E-state index >= 15 is 0 Å². The van der Waals surface area contributed by atoms with Gasteiger partial charge < -0.3 is 10.1 Å². The van der Waals surface area contributed by atoms with Crippen LogP contribution in [-0.2, 0) is 4.74 Å². The van der Waals surface area contributed by atoms with Crippen molar-refractivity contribution in [2.24, 2.45) is 17.3 Å². The van der Waals surface area contributed by atoms with Crippen molar-refractivity contribution in [3.8, 4) is 0 Å². The van der Waals surface area contributed by atoms with Crippen LogP contribution in [0.3, 0.4) is 0 Å². The zero-order valence-corrected chi connectivity index (χ0v) is 8.81. The number of hydrogen-bond acceptors (Lipinski definition) is 2. The van der Waals surface area contributed by atoms with Crippen LogP contribution in [0.5, 0.6) is 0 Å². The molecule has 1 heterocycles. The van der Waals surface area contributed by atoms with Gasteiger partial charge in [0.2, 0.25) is 0 Å². The fourth-order valence-electron chi connectivity index (χ4n) is 2.52. The molecular formula is C11H21NO. The highest BCUT2D eigenvalue weighted by Gasteiger charge is 2.47. The first kappa shape index (κ1) is 9.47. The van der Waals surface area contributed by atoms with E-state index in [1.165, 1.54) is 25.9 Å². The van der Waals surface area contributed by atoms with Gasteiger partial charge in [0.25, 0.3) is 0 Å². The van der Waals surface area contributed by atoms with Gasteiger partial charge in [-0.2, -0.15) is 0 Å². The standard InChI is InChI=1S/C11H21NO/c1-9(2)5-13-6-10-3-11(4-10)7-12-8-11/h9-10,12H,3-8H2,1-2H3. The van der Waals surface area contributed by atoms with Gasteiger partial charge in [-0.1, -0.05) is 13.8 Å².